The van der Waals surface area contributed by atoms with Crippen LogP contribution in [0.5, 0.6) is 0 Å². The molecule has 0 fully saturated rings. The van der Waals surface area contributed by atoms with Crippen LogP contribution in [0, 0.1) is 0 Å². The first kappa shape index (κ1) is 14.1. The molecule has 5 heteroatoms. The lowest BCUT2D eigenvalue weighted by Gasteiger charge is -2.08. The molecule has 1 heterocycles. The minimum atomic E-state index is -0.101. The molecule has 0 saturated heterocycles. The Morgan fingerprint density at radius 3 is 2.75 bits per heavy atom. The lowest BCUT2D eigenvalue weighted by atomic mass is 10.2. The molecule has 0 aliphatic heterocycles. The lowest BCUT2D eigenvalue weighted by Crippen LogP contribution is -2.20. The van der Waals surface area contributed by atoms with Crippen molar-refractivity contribution >= 4 is 17.3 Å². The van der Waals surface area contributed by atoms with E-state index >= 15 is 0 Å². The van der Waals surface area contributed by atoms with Crippen molar-refractivity contribution in [2.75, 3.05) is 11.1 Å². The molecule has 20 heavy (non-hydrogen) atoms. The molecule has 2 rings (SSSR count). The Balaban J connectivity index is 2.06. The predicted molar refractivity (Wildman–Crippen MR) is 80.5 cm³/mol. The molecule has 0 aliphatic carbocycles. The minimum absolute atomic E-state index is 0.101. The Labute approximate surface area is 118 Å². The summed E-state index contributed by atoms with van der Waals surface area (Å²) in [4.78, 5) is 12.0. The van der Waals surface area contributed by atoms with Crippen LogP contribution in [0.15, 0.2) is 30.3 Å². The van der Waals surface area contributed by atoms with Crippen LogP contribution in [0.3, 0.4) is 0 Å². The average molecular weight is 272 g/mol. The zero-order valence-corrected chi connectivity index (χ0v) is 11.9. The van der Waals surface area contributed by atoms with Crippen molar-refractivity contribution in [3.63, 3.8) is 0 Å². The van der Waals surface area contributed by atoms with E-state index in [0.717, 1.165) is 24.2 Å². The quantitative estimate of drug-likeness (QED) is 0.820. The van der Waals surface area contributed by atoms with E-state index < -0.39 is 0 Å². The summed E-state index contributed by atoms with van der Waals surface area (Å²) in [5.41, 5.74) is 9.10. The van der Waals surface area contributed by atoms with E-state index in [1.54, 1.807) is 16.8 Å². The van der Waals surface area contributed by atoms with Gasteiger partial charge in [-0.05, 0) is 37.1 Å². The molecule has 0 atom stereocenters. The molecule has 1 aromatic heterocycles. The smallest absolute Gasteiger partial charge is 0.246 e. The van der Waals surface area contributed by atoms with E-state index in [-0.39, 0.29) is 12.5 Å². The number of rotatable bonds is 5. The Kier molecular flexibility index (Phi) is 4.40. The van der Waals surface area contributed by atoms with Crippen LogP contribution in [0.25, 0.3) is 0 Å². The normalized spacial score (nSPS) is 10.5. The molecule has 0 bridgehead atoms. The summed E-state index contributed by atoms with van der Waals surface area (Å²) in [7, 11) is 0. The molecule has 1 aromatic carbocycles. The van der Waals surface area contributed by atoms with E-state index in [9.17, 15) is 4.79 Å². The van der Waals surface area contributed by atoms with Crippen molar-refractivity contribution in [1.29, 1.82) is 0 Å². The van der Waals surface area contributed by atoms with Crippen LogP contribution in [0.2, 0.25) is 0 Å². The number of nitrogens with zero attached hydrogens (tertiary/aromatic N) is 2. The molecule has 1 amide bonds. The summed E-state index contributed by atoms with van der Waals surface area (Å²) in [6, 6.07) is 9.19. The largest absolute Gasteiger partial charge is 0.399 e. The fourth-order valence-corrected chi connectivity index (χ4v) is 2.06. The van der Waals surface area contributed by atoms with Crippen molar-refractivity contribution in [3.05, 3.63) is 41.7 Å². The Bertz CT molecular complexity index is 604. The maximum Gasteiger partial charge on any atom is 0.246 e. The number of anilines is 2. The first-order valence-corrected chi connectivity index (χ1v) is 6.83. The Morgan fingerprint density at radius 2 is 2.10 bits per heavy atom. The topological polar surface area (TPSA) is 72.9 Å². The zero-order valence-electron chi connectivity index (χ0n) is 11.9. The summed E-state index contributed by atoms with van der Waals surface area (Å²) in [5.74, 6) is -0.101. The van der Waals surface area contributed by atoms with Gasteiger partial charge in [-0.1, -0.05) is 19.9 Å². The van der Waals surface area contributed by atoms with E-state index in [4.69, 9.17) is 5.73 Å². The highest BCUT2D eigenvalue weighted by atomic mass is 16.2. The number of carbonyl (C=O) groups is 1. The predicted octanol–water partition coefficient (Wildman–Crippen LogP) is 2.23. The average Bonchev–Trinajstić information content (AvgIpc) is 2.80. The van der Waals surface area contributed by atoms with Crippen molar-refractivity contribution < 1.29 is 4.79 Å². The number of hydrogen-bond acceptors (Lipinski definition) is 3. The SMILES string of the molecule is CCc1cc(CC)n(CC(=O)Nc2cccc(N)c2)n1. The molecule has 106 valence electrons. The van der Waals surface area contributed by atoms with Crippen molar-refractivity contribution in [2.24, 2.45) is 0 Å². The number of benzene rings is 1. The first-order valence-electron chi connectivity index (χ1n) is 6.83. The Hall–Kier alpha value is -2.30. The van der Waals surface area contributed by atoms with Crippen LogP contribution >= 0.6 is 0 Å². The number of nitrogens with two attached hydrogens (primary N) is 1. The maximum absolute atomic E-state index is 12.0. The third-order valence-corrected chi connectivity index (χ3v) is 3.10. The fraction of sp³-hybridized carbons (Fsp3) is 0.333. The van der Waals surface area contributed by atoms with Crippen molar-refractivity contribution in [3.8, 4) is 0 Å². The highest BCUT2D eigenvalue weighted by Gasteiger charge is 2.09. The highest BCUT2D eigenvalue weighted by molar-refractivity contribution is 5.90. The molecular formula is C15H20N4O. The van der Waals surface area contributed by atoms with Crippen LogP contribution in [0.1, 0.15) is 25.2 Å². The van der Waals surface area contributed by atoms with Gasteiger partial charge in [-0.3, -0.25) is 9.48 Å². The fourth-order valence-electron chi connectivity index (χ4n) is 2.06. The van der Waals surface area contributed by atoms with E-state index in [0.29, 0.717) is 11.4 Å². The summed E-state index contributed by atoms with van der Waals surface area (Å²) >= 11 is 0. The van der Waals surface area contributed by atoms with Crippen LogP contribution in [-0.2, 0) is 24.2 Å². The number of nitrogen functional groups attached to an aromatic ring is 1. The van der Waals surface area contributed by atoms with Gasteiger partial charge in [-0.2, -0.15) is 5.10 Å². The molecule has 2 aromatic rings. The molecule has 0 saturated carbocycles. The molecule has 0 unspecified atom stereocenters. The second-order valence-electron chi connectivity index (χ2n) is 4.67. The van der Waals surface area contributed by atoms with Crippen LogP contribution in [-0.4, -0.2) is 15.7 Å². The highest BCUT2D eigenvalue weighted by Crippen LogP contribution is 2.12. The van der Waals surface area contributed by atoms with Crippen molar-refractivity contribution in [2.45, 2.75) is 33.2 Å². The van der Waals surface area contributed by atoms with Crippen LogP contribution < -0.4 is 11.1 Å². The molecule has 0 spiro atoms. The van der Waals surface area contributed by atoms with Gasteiger partial charge in [0.2, 0.25) is 5.91 Å². The van der Waals surface area contributed by atoms with Gasteiger partial charge in [-0.25, -0.2) is 0 Å². The van der Waals surface area contributed by atoms with Gasteiger partial charge in [0.1, 0.15) is 6.54 Å². The van der Waals surface area contributed by atoms with E-state index in [1.165, 1.54) is 0 Å². The molecular weight excluding hydrogens is 252 g/mol. The lowest BCUT2D eigenvalue weighted by molar-refractivity contribution is -0.116. The van der Waals surface area contributed by atoms with Gasteiger partial charge in [0.25, 0.3) is 0 Å². The second kappa shape index (κ2) is 6.23. The Morgan fingerprint density at radius 1 is 1.30 bits per heavy atom. The van der Waals surface area contributed by atoms with Gasteiger partial charge in [0.05, 0.1) is 5.69 Å². The second-order valence-corrected chi connectivity index (χ2v) is 4.67. The summed E-state index contributed by atoms with van der Waals surface area (Å²) in [5, 5.41) is 7.26. The third-order valence-electron chi connectivity index (χ3n) is 3.10. The number of aromatic nitrogens is 2. The first-order chi connectivity index (χ1) is 9.62. The van der Waals surface area contributed by atoms with Gasteiger partial charge in [-0.15, -0.1) is 0 Å². The van der Waals surface area contributed by atoms with Gasteiger partial charge >= 0.3 is 0 Å². The monoisotopic (exact) mass is 272 g/mol. The summed E-state index contributed by atoms with van der Waals surface area (Å²) in [6.45, 7) is 4.33. The number of aryl methyl sites for hydroxylation is 2. The van der Waals surface area contributed by atoms with Crippen LogP contribution in [0.4, 0.5) is 11.4 Å². The van der Waals surface area contributed by atoms with E-state index in [2.05, 4.69) is 24.3 Å². The summed E-state index contributed by atoms with van der Waals surface area (Å²) < 4.78 is 1.76. The number of hydrogen-bond donors (Lipinski definition) is 2. The van der Waals surface area contributed by atoms with Gasteiger partial charge in [0, 0.05) is 17.1 Å². The molecule has 0 aliphatic rings. The van der Waals surface area contributed by atoms with Gasteiger partial charge in [0.15, 0.2) is 0 Å². The molecule has 0 radical (unpaired) electrons. The molecule has 3 N–H and O–H groups in total. The number of amides is 1. The third kappa shape index (κ3) is 3.38. The van der Waals surface area contributed by atoms with E-state index in [1.807, 2.05) is 18.2 Å². The summed E-state index contributed by atoms with van der Waals surface area (Å²) in [6.07, 6.45) is 1.73. The van der Waals surface area contributed by atoms with Crippen molar-refractivity contribution in [1.82, 2.24) is 9.78 Å². The maximum atomic E-state index is 12.0. The van der Waals surface area contributed by atoms with Gasteiger partial charge < -0.3 is 11.1 Å². The standard InChI is InChI=1S/C15H20N4O/c1-3-12-9-14(4-2)19(18-12)10-15(20)17-13-7-5-6-11(16)8-13/h5-9H,3-4,10,16H2,1-2H3,(H,17,20). The number of nitrogens with one attached hydrogen (secondary N) is 1. The molecule has 5 nitrogen and oxygen atoms in total. The number of carbonyl (C=O) groups excluding carboxylic acids is 1. The zero-order chi connectivity index (χ0) is 14.5. The minimum Gasteiger partial charge on any atom is -0.399 e.